The lowest BCUT2D eigenvalue weighted by Crippen LogP contribution is -2.30. The summed E-state index contributed by atoms with van der Waals surface area (Å²) in [6.45, 7) is 6.40. The van der Waals surface area contributed by atoms with Crippen LogP contribution in [0.25, 0.3) is 0 Å². The Hall–Kier alpha value is -2.89. The molecule has 1 unspecified atom stereocenters. The molecule has 58 heavy (non-hydrogen) atoms. The first-order chi connectivity index (χ1) is 28.5. The van der Waals surface area contributed by atoms with E-state index in [1.54, 1.807) is 6.08 Å². The van der Waals surface area contributed by atoms with Crippen molar-refractivity contribution in [1.29, 1.82) is 0 Å². The van der Waals surface area contributed by atoms with E-state index in [2.05, 4.69) is 69.4 Å². The van der Waals surface area contributed by atoms with Gasteiger partial charge < -0.3 is 14.2 Å². The predicted octanol–water partition coefficient (Wildman–Crippen LogP) is 15.7. The van der Waals surface area contributed by atoms with Crippen LogP contribution in [0.15, 0.2) is 60.8 Å². The van der Waals surface area contributed by atoms with E-state index in [1.807, 2.05) is 6.08 Å². The predicted molar refractivity (Wildman–Crippen MR) is 247 cm³/mol. The zero-order chi connectivity index (χ0) is 42.3. The maximum absolute atomic E-state index is 12.7. The van der Waals surface area contributed by atoms with Crippen LogP contribution in [0, 0.1) is 0 Å². The molecule has 0 aromatic carbocycles. The molecule has 0 aromatic heterocycles. The van der Waals surface area contributed by atoms with Crippen LogP contribution in [0.2, 0.25) is 0 Å². The summed E-state index contributed by atoms with van der Waals surface area (Å²) in [6.07, 6.45) is 56.8. The van der Waals surface area contributed by atoms with Crippen molar-refractivity contribution in [3.8, 4) is 0 Å². The van der Waals surface area contributed by atoms with Gasteiger partial charge in [0.25, 0.3) is 0 Å². The van der Waals surface area contributed by atoms with Crippen molar-refractivity contribution in [2.75, 3.05) is 13.2 Å². The van der Waals surface area contributed by atoms with Gasteiger partial charge in [-0.25, -0.2) is 0 Å². The fraction of sp³-hybridized carbons (Fsp3) is 0.750. The fourth-order valence-corrected chi connectivity index (χ4v) is 6.69. The Morgan fingerprint density at radius 1 is 0.362 bits per heavy atom. The monoisotopic (exact) mass is 811 g/mol. The van der Waals surface area contributed by atoms with Crippen LogP contribution < -0.4 is 0 Å². The van der Waals surface area contributed by atoms with Crippen molar-refractivity contribution in [1.82, 2.24) is 0 Å². The molecule has 0 fully saturated rings. The molecule has 6 nitrogen and oxygen atoms in total. The van der Waals surface area contributed by atoms with Crippen LogP contribution >= 0.6 is 0 Å². The Morgan fingerprint density at radius 2 is 0.655 bits per heavy atom. The van der Waals surface area contributed by atoms with Gasteiger partial charge >= 0.3 is 17.9 Å². The topological polar surface area (TPSA) is 78.9 Å². The molecule has 0 N–H and O–H groups in total. The van der Waals surface area contributed by atoms with E-state index in [1.165, 1.54) is 122 Å². The van der Waals surface area contributed by atoms with E-state index in [-0.39, 0.29) is 31.6 Å². The molecule has 0 spiro atoms. The van der Waals surface area contributed by atoms with Crippen LogP contribution in [0.4, 0.5) is 0 Å². The highest BCUT2D eigenvalue weighted by Gasteiger charge is 2.19. The maximum Gasteiger partial charge on any atom is 0.310 e. The molecular formula is C52H90O6. The highest BCUT2D eigenvalue weighted by molar-refractivity contribution is 5.72. The third kappa shape index (κ3) is 44.2. The maximum atomic E-state index is 12.7. The van der Waals surface area contributed by atoms with Gasteiger partial charge in [0.1, 0.15) is 13.2 Å². The summed E-state index contributed by atoms with van der Waals surface area (Å²) in [4.78, 5) is 37.6. The molecule has 0 radical (unpaired) electrons. The van der Waals surface area contributed by atoms with Gasteiger partial charge in [-0.05, 0) is 44.9 Å². The van der Waals surface area contributed by atoms with Crippen molar-refractivity contribution in [3.63, 3.8) is 0 Å². The standard InChI is InChI=1S/C52H90O6/c1-4-7-10-13-16-18-20-22-24-25-26-28-29-31-33-36-39-42-45-51(54)57-48-49(47-56-50(53)44-41-38-35-15-12-9-6-3)58-52(55)46-43-40-37-34-32-30-27-23-21-19-17-14-11-8-5-2/h8,11,17,19,23,27,32,34,40,43,49H,4-7,9-10,12-16,18,20-22,24-26,28-31,33,35-39,41-42,44-48H2,1-3H3/b11-8-,19-17-,27-23-,34-32-,43-40-. The lowest BCUT2D eigenvalue weighted by atomic mass is 10.0. The minimum atomic E-state index is -0.822. The van der Waals surface area contributed by atoms with Crippen molar-refractivity contribution >= 4 is 17.9 Å². The molecule has 0 aliphatic rings. The molecular weight excluding hydrogens is 721 g/mol. The molecule has 0 heterocycles. The summed E-state index contributed by atoms with van der Waals surface area (Å²) in [5, 5.41) is 0. The minimum Gasteiger partial charge on any atom is -0.462 e. The highest BCUT2D eigenvalue weighted by atomic mass is 16.6. The van der Waals surface area contributed by atoms with Crippen LogP contribution in [-0.2, 0) is 28.6 Å². The molecule has 0 aliphatic heterocycles. The van der Waals surface area contributed by atoms with Gasteiger partial charge in [-0.2, -0.15) is 0 Å². The second kappa shape index (κ2) is 46.8. The minimum absolute atomic E-state index is 0.100. The first-order valence-corrected chi connectivity index (χ1v) is 24.3. The van der Waals surface area contributed by atoms with E-state index in [0.717, 1.165) is 70.6 Å². The summed E-state index contributed by atoms with van der Waals surface area (Å²) in [5.41, 5.74) is 0. The Bertz CT molecular complexity index is 1070. The molecule has 0 bridgehead atoms. The SMILES string of the molecule is CC/C=C\C/C=C\C/C=C\C/C=C\C/C=C\CC(=O)OC(COC(=O)CCCCCCCCC)COC(=O)CCCCCCCCCCCCCCCCCCCC. The second-order valence-electron chi connectivity index (χ2n) is 16.0. The van der Waals surface area contributed by atoms with Gasteiger partial charge in [0.15, 0.2) is 6.10 Å². The zero-order valence-electron chi connectivity index (χ0n) is 38.0. The first-order valence-electron chi connectivity index (χ1n) is 24.3. The number of ether oxygens (including phenoxy) is 3. The van der Waals surface area contributed by atoms with Gasteiger partial charge in [0.2, 0.25) is 0 Å². The van der Waals surface area contributed by atoms with Crippen LogP contribution in [-0.4, -0.2) is 37.2 Å². The van der Waals surface area contributed by atoms with Gasteiger partial charge in [0.05, 0.1) is 6.42 Å². The average molecular weight is 811 g/mol. The number of carbonyl (C=O) groups excluding carboxylic acids is 3. The summed E-state index contributed by atoms with van der Waals surface area (Å²) in [5.74, 6) is -1.04. The molecule has 0 rings (SSSR count). The summed E-state index contributed by atoms with van der Waals surface area (Å²) < 4.78 is 16.6. The Labute approximate surface area is 358 Å². The van der Waals surface area contributed by atoms with Gasteiger partial charge in [0, 0.05) is 12.8 Å². The number of hydrogen-bond donors (Lipinski definition) is 0. The van der Waals surface area contributed by atoms with Crippen molar-refractivity contribution in [3.05, 3.63) is 60.8 Å². The smallest absolute Gasteiger partial charge is 0.310 e. The summed E-state index contributed by atoms with van der Waals surface area (Å²) in [7, 11) is 0. The van der Waals surface area contributed by atoms with E-state index in [0.29, 0.717) is 12.8 Å². The lowest BCUT2D eigenvalue weighted by Gasteiger charge is -2.18. The molecule has 0 aliphatic carbocycles. The quantitative estimate of drug-likeness (QED) is 0.0264. The van der Waals surface area contributed by atoms with E-state index >= 15 is 0 Å². The van der Waals surface area contributed by atoms with Crippen LogP contribution in [0.1, 0.15) is 233 Å². The first kappa shape index (κ1) is 55.1. The molecule has 6 heteroatoms. The number of rotatable bonds is 43. The Morgan fingerprint density at radius 3 is 0.983 bits per heavy atom. The largest absolute Gasteiger partial charge is 0.462 e. The van der Waals surface area contributed by atoms with Crippen molar-refractivity contribution in [2.45, 2.75) is 239 Å². The van der Waals surface area contributed by atoms with E-state index < -0.39 is 12.1 Å². The number of carbonyl (C=O) groups is 3. The van der Waals surface area contributed by atoms with Crippen LogP contribution in [0.5, 0.6) is 0 Å². The van der Waals surface area contributed by atoms with E-state index in [9.17, 15) is 14.4 Å². The highest BCUT2D eigenvalue weighted by Crippen LogP contribution is 2.15. The fourth-order valence-electron chi connectivity index (χ4n) is 6.69. The normalized spacial score (nSPS) is 12.5. The zero-order valence-corrected chi connectivity index (χ0v) is 38.0. The molecule has 0 aromatic rings. The van der Waals surface area contributed by atoms with Crippen molar-refractivity contribution in [2.24, 2.45) is 0 Å². The number of unbranched alkanes of at least 4 members (excludes halogenated alkanes) is 23. The third-order valence-corrected chi connectivity index (χ3v) is 10.3. The van der Waals surface area contributed by atoms with Gasteiger partial charge in [-0.1, -0.05) is 229 Å². The molecule has 0 saturated carbocycles. The number of hydrogen-bond acceptors (Lipinski definition) is 6. The van der Waals surface area contributed by atoms with Crippen LogP contribution in [0.3, 0.4) is 0 Å². The second-order valence-corrected chi connectivity index (χ2v) is 16.0. The van der Waals surface area contributed by atoms with E-state index in [4.69, 9.17) is 14.2 Å². The molecule has 0 saturated heterocycles. The lowest BCUT2D eigenvalue weighted by molar-refractivity contribution is -0.166. The van der Waals surface area contributed by atoms with Gasteiger partial charge in [-0.3, -0.25) is 14.4 Å². The average Bonchev–Trinajstić information content (AvgIpc) is 3.22. The van der Waals surface area contributed by atoms with Crippen molar-refractivity contribution < 1.29 is 28.6 Å². The Kier molecular flexibility index (Phi) is 44.5. The number of allylic oxidation sites excluding steroid dienone is 9. The summed E-state index contributed by atoms with van der Waals surface area (Å²) >= 11 is 0. The summed E-state index contributed by atoms with van der Waals surface area (Å²) in [6, 6.07) is 0. The molecule has 1 atom stereocenters. The van der Waals surface area contributed by atoms with Gasteiger partial charge in [-0.15, -0.1) is 0 Å². The molecule has 0 amide bonds. The third-order valence-electron chi connectivity index (χ3n) is 10.3. The molecule has 334 valence electrons. The number of esters is 3. The Balaban J connectivity index is 4.35.